The van der Waals surface area contributed by atoms with Crippen molar-refractivity contribution in [3.05, 3.63) is 0 Å². The second-order valence-electron chi connectivity index (χ2n) is 12.4. The molecule has 41 heteroatoms. The van der Waals surface area contributed by atoms with Gasteiger partial charge >= 0.3 is 90.1 Å². The Morgan fingerprint density at radius 2 is 0.792 bits per heavy atom. The molecule has 0 rings (SSSR count). The van der Waals surface area contributed by atoms with Crippen LogP contribution in [-0.4, -0.2) is 158 Å². The molecule has 0 saturated carbocycles. The summed E-state index contributed by atoms with van der Waals surface area (Å²) in [5.41, 5.74) is 0. The first-order valence-electron chi connectivity index (χ1n) is 17.8. The van der Waals surface area contributed by atoms with Crippen molar-refractivity contribution < 1.29 is 173 Å². The first kappa shape index (κ1) is 81.3. The van der Waals surface area contributed by atoms with Gasteiger partial charge in [-0.1, -0.05) is 14.9 Å². The Hall–Kier alpha value is -2.03. The van der Waals surface area contributed by atoms with Gasteiger partial charge in [0.05, 0.1) is 0 Å². The summed E-state index contributed by atoms with van der Waals surface area (Å²) >= 11 is 0. The molecule has 0 aromatic heterocycles. The minimum Gasteiger partial charge on any atom is -0.377 e. The van der Waals surface area contributed by atoms with Gasteiger partial charge in [0.1, 0.15) is 13.2 Å². The van der Waals surface area contributed by atoms with E-state index in [0.29, 0.717) is 0 Å². The van der Waals surface area contributed by atoms with E-state index in [1.165, 1.54) is 42.1 Å². The van der Waals surface area contributed by atoms with Crippen LogP contribution < -0.4 is 0 Å². The minimum absolute atomic E-state index is 0. The summed E-state index contributed by atoms with van der Waals surface area (Å²) in [6.45, 7) is -4.33. The molecule has 0 atom stereocenters. The van der Waals surface area contributed by atoms with Crippen molar-refractivity contribution in [1.82, 2.24) is 0 Å². The average Bonchev–Trinajstić information content (AvgIpc) is 3.20. The Bertz CT molecular complexity index is 1400. The second kappa shape index (κ2) is 30.6. The molecule has 72 heavy (non-hydrogen) atoms. The lowest BCUT2D eigenvalue weighted by Crippen LogP contribution is -2.70. The molecule has 0 radical (unpaired) electrons. The van der Waals surface area contributed by atoms with Gasteiger partial charge in [0.15, 0.2) is 6.67 Å². The summed E-state index contributed by atoms with van der Waals surface area (Å²) in [5.74, 6) is -47.0. The summed E-state index contributed by atoms with van der Waals surface area (Å²) < 4.78 is 401. The summed E-state index contributed by atoms with van der Waals surface area (Å²) in [5, 5.41) is 0. The van der Waals surface area contributed by atoms with E-state index < -0.39 is 122 Å². The summed E-state index contributed by atoms with van der Waals surface area (Å²) in [7, 11) is -2.98. The molecule has 0 heterocycles. The Balaban J connectivity index is -0.000000228. The highest BCUT2D eigenvalue weighted by Crippen LogP contribution is 2.61. The van der Waals surface area contributed by atoms with Gasteiger partial charge in [-0.3, -0.25) is 0 Å². The van der Waals surface area contributed by atoms with Gasteiger partial charge in [-0.25, -0.2) is 4.39 Å². The molecular weight excluding hydrogens is 1140 g/mol. The van der Waals surface area contributed by atoms with E-state index in [4.69, 9.17) is 26.6 Å². The lowest BCUT2D eigenvalue weighted by Gasteiger charge is -2.40. The van der Waals surface area contributed by atoms with Gasteiger partial charge in [0.2, 0.25) is 0 Å². The predicted molar refractivity (Wildman–Crippen MR) is 188 cm³/mol. The van der Waals surface area contributed by atoms with Crippen LogP contribution >= 0.6 is 0 Å². The van der Waals surface area contributed by atoms with Gasteiger partial charge < -0.3 is 36.0 Å². The van der Waals surface area contributed by atoms with E-state index in [0.717, 1.165) is 0 Å². The maximum Gasteiger partial charge on any atom is 0.559 e. The molecule has 0 amide bonds. The monoisotopic (exact) mass is 1190 g/mol. The standard InChI is InChI=1S/C14H19F13O3Si.C9H17F5O5Si.C5H4F8O.CF4.2CH4/c1-4-28-31(29-5-2,30-6-3)8-7-9(15,16)10(17,18)11(19,20)12(21,22)13(23,24)14(25,26)27;1-15-20(16-2,17-3)6-4-5-18-7-8(10,11)9(12,13)19-14;6-1-3(7,8)5(12,13)14-2-4(9,10)11;2-1(3,4)5;;/h4-8H2,1-3H3;4-7H2,1-3H3;1-2H2;;2*1H4. The van der Waals surface area contributed by atoms with E-state index in [2.05, 4.69) is 9.47 Å². The van der Waals surface area contributed by atoms with E-state index in [1.807, 2.05) is 4.94 Å². The normalized spacial score (nSPS) is 14.2. The molecule has 0 fully saturated rings. The fourth-order valence-electron chi connectivity index (χ4n) is 3.91. The smallest absolute Gasteiger partial charge is 0.377 e. The van der Waals surface area contributed by atoms with Crippen molar-refractivity contribution in [2.45, 2.75) is 133 Å². The number of alkyl halides is 29. The second-order valence-corrected chi connectivity index (χ2v) is 18.2. The third-order valence-corrected chi connectivity index (χ3v) is 13.2. The fourth-order valence-corrected chi connectivity index (χ4v) is 8.23. The molecule has 0 N–H and O–H groups in total. The lowest BCUT2D eigenvalue weighted by molar-refractivity contribution is -0.440. The maximum absolute atomic E-state index is 13.9. The number of halogens is 30. The molecule has 0 unspecified atom stereocenters. The van der Waals surface area contributed by atoms with E-state index >= 15 is 0 Å². The number of rotatable bonds is 28. The molecule has 0 aliphatic rings. The van der Waals surface area contributed by atoms with Crippen molar-refractivity contribution in [2.75, 3.05) is 67.6 Å². The van der Waals surface area contributed by atoms with Crippen molar-refractivity contribution in [3.63, 3.8) is 0 Å². The summed E-state index contributed by atoms with van der Waals surface area (Å²) in [6, 6.07) is -1.11. The highest BCUT2D eigenvalue weighted by atomic mass is 28.4. The highest BCUT2D eigenvalue weighted by molar-refractivity contribution is 6.61. The van der Waals surface area contributed by atoms with Crippen LogP contribution in [0.1, 0.15) is 48.5 Å². The Labute approximate surface area is 391 Å². The minimum atomic E-state index is -7.92. The molecule has 0 aliphatic heterocycles. The topological polar surface area (TPSA) is 83.1 Å². The first-order chi connectivity index (χ1) is 30.9. The van der Waals surface area contributed by atoms with Crippen molar-refractivity contribution >= 4 is 17.6 Å². The first-order valence-corrected chi connectivity index (χ1v) is 21.7. The van der Waals surface area contributed by atoms with Crippen molar-refractivity contribution in [1.29, 1.82) is 0 Å². The zero-order chi connectivity index (χ0) is 57.1. The largest absolute Gasteiger partial charge is 0.559 e. The maximum atomic E-state index is 13.9. The fraction of sp³-hybridized carbons (Fsp3) is 1.00. The zero-order valence-electron chi connectivity index (χ0n) is 35.8. The van der Waals surface area contributed by atoms with Crippen LogP contribution in [0.25, 0.3) is 0 Å². The number of hydrogen-bond donors (Lipinski definition) is 0. The third kappa shape index (κ3) is 24.3. The average molecular weight is 1190 g/mol. The van der Waals surface area contributed by atoms with Gasteiger partial charge in [-0.2, -0.15) is 105 Å². The van der Waals surface area contributed by atoms with E-state index in [-0.39, 0.29) is 53.7 Å². The van der Waals surface area contributed by atoms with Crippen LogP contribution in [0, 0.1) is 0 Å². The molecule has 0 aromatic carbocycles. The quantitative estimate of drug-likeness (QED) is 0.0432. The van der Waals surface area contributed by atoms with Crippen LogP contribution in [-0.2, 0) is 41.0 Å². The highest BCUT2D eigenvalue weighted by Gasteiger charge is 2.90. The number of ether oxygens (including phenoxy) is 2. The van der Waals surface area contributed by atoms with Crippen molar-refractivity contribution in [3.8, 4) is 0 Å². The predicted octanol–water partition coefficient (Wildman–Crippen LogP) is 14.1. The Kier molecular flexibility index (Phi) is 34.6. The molecular formula is C31H48F30O9Si2. The van der Waals surface area contributed by atoms with E-state index in [9.17, 15) is 132 Å². The molecule has 444 valence electrons. The third-order valence-electron chi connectivity index (χ3n) is 7.36. The molecule has 0 spiro atoms. The van der Waals surface area contributed by atoms with Gasteiger partial charge in [-0.15, -0.1) is 22.5 Å². The van der Waals surface area contributed by atoms with Gasteiger partial charge in [-0.05, 0) is 31.7 Å². The van der Waals surface area contributed by atoms with Crippen LogP contribution in [0.15, 0.2) is 0 Å². The molecule has 0 bridgehead atoms. The van der Waals surface area contributed by atoms with Crippen LogP contribution in [0.2, 0.25) is 12.1 Å². The van der Waals surface area contributed by atoms with E-state index in [1.54, 1.807) is 0 Å². The molecule has 0 aliphatic carbocycles. The van der Waals surface area contributed by atoms with Crippen LogP contribution in [0.3, 0.4) is 0 Å². The molecule has 0 saturated heterocycles. The number of hydrogen-bond acceptors (Lipinski definition) is 9. The van der Waals surface area contributed by atoms with Gasteiger partial charge in [0, 0.05) is 66.3 Å². The van der Waals surface area contributed by atoms with Gasteiger partial charge in [0.25, 0.3) is 0 Å². The summed E-state index contributed by atoms with van der Waals surface area (Å²) in [4.78, 5) is 1.95. The summed E-state index contributed by atoms with van der Waals surface area (Å²) in [6.07, 6.45) is -31.0. The lowest BCUT2D eigenvalue weighted by atomic mass is 9.93. The zero-order valence-corrected chi connectivity index (χ0v) is 37.8. The van der Waals surface area contributed by atoms with Crippen molar-refractivity contribution in [2.24, 2.45) is 0 Å². The van der Waals surface area contributed by atoms with Crippen LogP contribution in [0.4, 0.5) is 132 Å². The molecule has 0 aromatic rings. The molecule has 9 nitrogen and oxygen atoms in total. The SMILES string of the molecule is C.C.CCO[Si](CCC(F)(F)C(F)(F)C(F)(F)C(F)(F)C(F)(F)C(F)(F)F)(OCC)OCC.CO[Si](CCCOCC(F)(F)C(F)(F)OF)(OC)OC.FC(F)(F)F.FCC(F)(F)C(F)(F)OCC(F)(F)F. The van der Waals surface area contributed by atoms with Crippen LogP contribution in [0.5, 0.6) is 0 Å². The Morgan fingerprint density at radius 1 is 0.431 bits per heavy atom. The Morgan fingerprint density at radius 3 is 1.08 bits per heavy atom.